The monoisotopic (exact) mass is 474 g/mol. The summed E-state index contributed by atoms with van der Waals surface area (Å²) in [6, 6.07) is 6.09. The maximum atomic E-state index is 12.9. The van der Waals surface area contributed by atoms with E-state index in [-0.39, 0.29) is 24.4 Å². The number of amides is 2. The first kappa shape index (κ1) is 24.8. The van der Waals surface area contributed by atoms with Crippen molar-refractivity contribution < 1.29 is 23.8 Å². The summed E-state index contributed by atoms with van der Waals surface area (Å²) in [5, 5.41) is 3.47. The number of morpholine rings is 1. The van der Waals surface area contributed by atoms with Crippen molar-refractivity contribution in [1.82, 2.24) is 20.0 Å². The molecule has 1 aromatic carbocycles. The number of ether oxygens (including phenoxy) is 3. The number of nitrogens with zero attached hydrogens (tertiary/aromatic N) is 3. The minimum Gasteiger partial charge on any atom is -0.490 e. The van der Waals surface area contributed by atoms with Gasteiger partial charge in [0.1, 0.15) is 0 Å². The van der Waals surface area contributed by atoms with Crippen LogP contribution < -0.4 is 14.8 Å². The minimum atomic E-state index is 0.0357. The lowest BCUT2D eigenvalue weighted by Gasteiger charge is -2.36. The Morgan fingerprint density at radius 2 is 1.56 bits per heavy atom. The standard InChI is InChI=1S/C25H38N4O5/c1-19(2)25(20-4-5-21-22(16-20)34-13-3-12-33-21)26-17-23(30)28-8-6-27(7-9-28)18-24(31)29-10-14-32-15-11-29/h4-5,16,19,25-26H,3,6-15,17-18H2,1-2H3/t25-/m1/s1. The van der Waals surface area contributed by atoms with Crippen LogP contribution in [0.4, 0.5) is 0 Å². The Balaban J connectivity index is 1.25. The molecule has 0 radical (unpaired) electrons. The van der Waals surface area contributed by atoms with E-state index < -0.39 is 0 Å². The second kappa shape index (κ2) is 11.9. The normalized spacial score (nSPS) is 20.2. The van der Waals surface area contributed by atoms with Gasteiger partial charge in [-0.15, -0.1) is 0 Å². The molecule has 0 bridgehead atoms. The summed E-state index contributed by atoms with van der Waals surface area (Å²) in [5.74, 6) is 2.11. The number of piperazine rings is 1. The zero-order valence-corrected chi connectivity index (χ0v) is 20.5. The Hall–Kier alpha value is -2.36. The molecule has 1 N–H and O–H groups in total. The number of hydrogen-bond donors (Lipinski definition) is 1. The van der Waals surface area contributed by atoms with Gasteiger partial charge in [0.15, 0.2) is 11.5 Å². The molecule has 188 valence electrons. The molecule has 3 aliphatic heterocycles. The molecule has 4 rings (SSSR count). The number of carbonyl (C=O) groups is 2. The number of fused-ring (bicyclic) bond motifs is 1. The van der Waals surface area contributed by atoms with Gasteiger partial charge in [-0.1, -0.05) is 19.9 Å². The Bertz CT molecular complexity index is 835. The van der Waals surface area contributed by atoms with Gasteiger partial charge in [-0.25, -0.2) is 0 Å². The first-order valence-corrected chi connectivity index (χ1v) is 12.5. The summed E-state index contributed by atoms with van der Waals surface area (Å²) in [4.78, 5) is 31.3. The second-order valence-corrected chi connectivity index (χ2v) is 9.51. The van der Waals surface area contributed by atoms with Gasteiger partial charge in [0.2, 0.25) is 11.8 Å². The van der Waals surface area contributed by atoms with Crippen LogP contribution in [-0.2, 0) is 14.3 Å². The summed E-state index contributed by atoms with van der Waals surface area (Å²) >= 11 is 0. The van der Waals surface area contributed by atoms with Crippen molar-refractivity contribution in [3.05, 3.63) is 23.8 Å². The largest absolute Gasteiger partial charge is 0.490 e. The molecule has 0 aromatic heterocycles. The van der Waals surface area contributed by atoms with Crippen molar-refractivity contribution in [2.45, 2.75) is 26.3 Å². The maximum Gasteiger partial charge on any atom is 0.236 e. The summed E-state index contributed by atoms with van der Waals surface area (Å²) in [5.41, 5.74) is 1.10. The van der Waals surface area contributed by atoms with E-state index in [1.165, 1.54) is 0 Å². The zero-order chi connectivity index (χ0) is 23.9. The van der Waals surface area contributed by atoms with Crippen molar-refractivity contribution in [1.29, 1.82) is 0 Å². The molecule has 0 spiro atoms. The molecular weight excluding hydrogens is 436 g/mol. The molecule has 0 saturated carbocycles. The Labute approximate surface area is 202 Å². The first-order chi connectivity index (χ1) is 16.5. The number of nitrogens with one attached hydrogen (secondary N) is 1. The Kier molecular flexibility index (Phi) is 8.64. The van der Waals surface area contributed by atoms with Crippen LogP contribution in [0.25, 0.3) is 0 Å². The fourth-order valence-electron chi connectivity index (χ4n) is 4.68. The van der Waals surface area contributed by atoms with Gasteiger partial charge in [0.05, 0.1) is 39.5 Å². The summed E-state index contributed by atoms with van der Waals surface area (Å²) < 4.78 is 16.9. The highest BCUT2D eigenvalue weighted by atomic mass is 16.5. The van der Waals surface area contributed by atoms with Gasteiger partial charge in [0, 0.05) is 51.7 Å². The van der Waals surface area contributed by atoms with E-state index in [9.17, 15) is 9.59 Å². The van der Waals surface area contributed by atoms with Crippen molar-refractivity contribution in [3.63, 3.8) is 0 Å². The van der Waals surface area contributed by atoms with Crippen molar-refractivity contribution in [2.75, 3.05) is 78.8 Å². The van der Waals surface area contributed by atoms with E-state index in [0.29, 0.717) is 65.1 Å². The molecule has 9 nitrogen and oxygen atoms in total. The van der Waals surface area contributed by atoms with Crippen molar-refractivity contribution >= 4 is 11.8 Å². The third-order valence-corrected chi connectivity index (χ3v) is 6.72. The predicted octanol–water partition coefficient (Wildman–Crippen LogP) is 1.14. The van der Waals surface area contributed by atoms with Gasteiger partial charge >= 0.3 is 0 Å². The van der Waals surface area contributed by atoms with Gasteiger partial charge in [0.25, 0.3) is 0 Å². The number of hydrogen-bond acceptors (Lipinski definition) is 7. The van der Waals surface area contributed by atoms with Crippen LogP contribution in [0, 0.1) is 5.92 Å². The highest BCUT2D eigenvalue weighted by molar-refractivity contribution is 5.79. The molecular formula is C25H38N4O5. The summed E-state index contributed by atoms with van der Waals surface area (Å²) in [7, 11) is 0. The fraction of sp³-hybridized carbons (Fsp3) is 0.680. The molecule has 1 atom stereocenters. The van der Waals surface area contributed by atoms with E-state index >= 15 is 0 Å². The van der Waals surface area contributed by atoms with Crippen LogP contribution in [0.5, 0.6) is 11.5 Å². The van der Waals surface area contributed by atoms with Gasteiger partial charge in [-0.3, -0.25) is 14.5 Å². The van der Waals surface area contributed by atoms with Gasteiger partial charge in [-0.05, 0) is 23.6 Å². The van der Waals surface area contributed by atoms with E-state index in [0.717, 1.165) is 36.6 Å². The third-order valence-electron chi connectivity index (χ3n) is 6.72. The van der Waals surface area contributed by atoms with Crippen molar-refractivity contribution in [2.24, 2.45) is 5.92 Å². The summed E-state index contributed by atoms with van der Waals surface area (Å²) in [6.45, 7) is 11.6. The van der Waals surface area contributed by atoms with Gasteiger partial charge < -0.3 is 29.3 Å². The molecule has 2 fully saturated rings. The van der Waals surface area contributed by atoms with E-state index in [4.69, 9.17) is 14.2 Å². The SMILES string of the molecule is CC(C)[C@@H](NCC(=O)N1CCN(CC(=O)N2CCOCC2)CC1)c1ccc2c(c1)OCCCO2. The molecule has 2 amide bonds. The number of benzene rings is 1. The van der Waals surface area contributed by atoms with E-state index in [2.05, 4.69) is 30.1 Å². The van der Waals surface area contributed by atoms with Crippen LogP contribution in [0.1, 0.15) is 31.9 Å². The molecule has 1 aromatic rings. The lowest BCUT2D eigenvalue weighted by atomic mass is 9.95. The quantitative estimate of drug-likeness (QED) is 0.635. The topological polar surface area (TPSA) is 83.6 Å². The maximum absolute atomic E-state index is 12.9. The average molecular weight is 475 g/mol. The molecule has 0 aliphatic carbocycles. The average Bonchev–Trinajstić information content (AvgIpc) is 3.10. The van der Waals surface area contributed by atoms with Gasteiger partial charge in [-0.2, -0.15) is 0 Å². The molecule has 3 aliphatic rings. The molecule has 9 heteroatoms. The van der Waals surface area contributed by atoms with Crippen molar-refractivity contribution in [3.8, 4) is 11.5 Å². The zero-order valence-electron chi connectivity index (χ0n) is 20.5. The highest BCUT2D eigenvalue weighted by Crippen LogP contribution is 2.34. The van der Waals surface area contributed by atoms with Crippen LogP contribution in [0.3, 0.4) is 0 Å². The molecule has 2 saturated heterocycles. The molecule has 34 heavy (non-hydrogen) atoms. The van der Waals surface area contributed by atoms with Crippen LogP contribution >= 0.6 is 0 Å². The number of rotatable bonds is 7. The van der Waals surface area contributed by atoms with E-state index in [1.54, 1.807) is 0 Å². The lowest BCUT2D eigenvalue weighted by molar-refractivity contribution is -0.137. The second-order valence-electron chi connectivity index (χ2n) is 9.51. The fourth-order valence-corrected chi connectivity index (χ4v) is 4.68. The highest BCUT2D eigenvalue weighted by Gasteiger charge is 2.26. The third kappa shape index (κ3) is 6.40. The van der Waals surface area contributed by atoms with Crippen LogP contribution in [-0.4, -0.2) is 105 Å². The first-order valence-electron chi connectivity index (χ1n) is 12.5. The Morgan fingerprint density at radius 3 is 2.26 bits per heavy atom. The Morgan fingerprint density at radius 1 is 0.882 bits per heavy atom. The lowest BCUT2D eigenvalue weighted by Crippen LogP contribution is -2.54. The smallest absolute Gasteiger partial charge is 0.236 e. The predicted molar refractivity (Wildman–Crippen MR) is 128 cm³/mol. The van der Waals surface area contributed by atoms with Crippen LogP contribution in [0.2, 0.25) is 0 Å². The number of carbonyl (C=O) groups excluding carboxylic acids is 2. The minimum absolute atomic E-state index is 0.0357. The molecule has 3 heterocycles. The van der Waals surface area contributed by atoms with E-state index in [1.807, 2.05) is 21.9 Å². The summed E-state index contributed by atoms with van der Waals surface area (Å²) in [6.07, 6.45) is 0.874. The van der Waals surface area contributed by atoms with Crippen LogP contribution in [0.15, 0.2) is 18.2 Å². The molecule has 0 unspecified atom stereocenters.